The number of thiazole rings is 1. The number of amides is 1. The second-order valence-electron chi connectivity index (χ2n) is 5.33. The molecule has 2 aromatic carbocycles. The van der Waals surface area contributed by atoms with Crippen molar-refractivity contribution >= 4 is 39.8 Å². The summed E-state index contributed by atoms with van der Waals surface area (Å²) in [5, 5.41) is 0. The molecule has 3 nitrogen and oxygen atoms in total. The van der Waals surface area contributed by atoms with E-state index in [-0.39, 0.29) is 5.91 Å². The minimum Gasteiger partial charge on any atom is -0.319 e. The number of nitrogens with zero attached hydrogens (tertiary/aromatic N) is 2. The third kappa shape index (κ3) is 3.37. The van der Waals surface area contributed by atoms with Crippen LogP contribution in [0.1, 0.15) is 22.2 Å². The summed E-state index contributed by atoms with van der Waals surface area (Å²) >= 11 is 3.75. The Morgan fingerprint density at radius 3 is 2.46 bits per heavy atom. The molecule has 0 atom stereocenters. The molecular formula is C19H17IN2OS. The van der Waals surface area contributed by atoms with Crippen LogP contribution in [0.5, 0.6) is 0 Å². The molecule has 5 heteroatoms. The topological polar surface area (TPSA) is 34.4 Å². The fraction of sp³-hybridized carbons (Fsp3) is 0.158. The maximum atomic E-state index is 12.6. The van der Waals surface area contributed by atoms with E-state index in [1.807, 2.05) is 54.1 Å². The first-order chi connectivity index (χ1) is 11.6. The fourth-order valence-electron chi connectivity index (χ4n) is 2.58. The molecule has 3 aromatic rings. The summed E-state index contributed by atoms with van der Waals surface area (Å²) < 4.78 is 2.94. The van der Waals surface area contributed by atoms with Gasteiger partial charge in [-0.05, 0) is 46.7 Å². The van der Waals surface area contributed by atoms with Crippen molar-refractivity contribution in [3.05, 3.63) is 73.4 Å². The molecular weight excluding hydrogens is 431 g/mol. The standard InChI is InChI=1S/C19H17IN2OS/c1-3-16-17(13-9-5-4-6-10-13)22(2)19(24-16)21-18(23)14-11-7-8-12-15(14)20/h4-12H,3H2,1-2H3. The van der Waals surface area contributed by atoms with Gasteiger partial charge in [-0.25, -0.2) is 0 Å². The number of rotatable bonds is 3. The van der Waals surface area contributed by atoms with Crippen LogP contribution in [-0.4, -0.2) is 10.5 Å². The molecule has 0 unspecified atom stereocenters. The molecule has 1 heterocycles. The molecule has 0 saturated carbocycles. The molecule has 0 saturated heterocycles. The van der Waals surface area contributed by atoms with Crippen LogP contribution < -0.4 is 4.80 Å². The molecule has 122 valence electrons. The second-order valence-corrected chi connectivity index (χ2v) is 7.56. The highest BCUT2D eigenvalue weighted by atomic mass is 127. The van der Waals surface area contributed by atoms with Gasteiger partial charge in [0.05, 0.1) is 11.3 Å². The zero-order valence-corrected chi connectivity index (χ0v) is 16.5. The van der Waals surface area contributed by atoms with E-state index in [2.05, 4.69) is 46.6 Å². The van der Waals surface area contributed by atoms with Gasteiger partial charge < -0.3 is 4.57 Å². The first-order valence-corrected chi connectivity index (χ1v) is 9.59. The highest BCUT2D eigenvalue weighted by Crippen LogP contribution is 2.25. The molecule has 0 aliphatic rings. The lowest BCUT2D eigenvalue weighted by atomic mass is 10.1. The van der Waals surface area contributed by atoms with Gasteiger partial charge in [0.25, 0.3) is 5.91 Å². The molecule has 0 N–H and O–H groups in total. The van der Waals surface area contributed by atoms with E-state index in [0.29, 0.717) is 5.56 Å². The van der Waals surface area contributed by atoms with E-state index in [4.69, 9.17) is 0 Å². The number of benzene rings is 2. The van der Waals surface area contributed by atoms with Gasteiger partial charge in [0.1, 0.15) is 0 Å². The highest BCUT2D eigenvalue weighted by Gasteiger charge is 2.14. The van der Waals surface area contributed by atoms with Crippen LogP contribution in [0.4, 0.5) is 0 Å². The maximum Gasteiger partial charge on any atom is 0.280 e. The highest BCUT2D eigenvalue weighted by molar-refractivity contribution is 14.1. The van der Waals surface area contributed by atoms with Gasteiger partial charge in [-0.2, -0.15) is 4.99 Å². The molecule has 0 bridgehead atoms. The molecule has 24 heavy (non-hydrogen) atoms. The number of carbonyl (C=O) groups is 1. The van der Waals surface area contributed by atoms with E-state index >= 15 is 0 Å². The van der Waals surface area contributed by atoms with Crippen molar-refractivity contribution in [2.24, 2.45) is 12.0 Å². The predicted molar refractivity (Wildman–Crippen MR) is 107 cm³/mol. The van der Waals surface area contributed by atoms with Gasteiger partial charge in [0.15, 0.2) is 4.80 Å². The van der Waals surface area contributed by atoms with Crippen LogP contribution in [0.2, 0.25) is 0 Å². The second kappa shape index (κ2) is 7.44. The summed E-state index contributed by atoms with van der Waals surface area (Å²) in [6.45, 7) is 2.13. The van der Waals surface area contributed by atoms with Crippen LogP contribution in [0.3, 0.4) is 0 Å². The van der Waals surface area contributed by atoms with Crippen LogP contribution >= 0.6 is 33.9 Å². The lowest BCUT2D eigenvalue weighted by molar-refractivity contribution is 0.0997. The third-order valence-electron chi connectivity index (χ3n) is 3.77. The van der Waals surface area contributed by atoms with Crippen molar-refractivity contribution in [2.45, 2.75) is 13.3 Å². The Kier molecular flexibility index (Phi) is 5.30. The molecule has 3 rings (SSSR count). The minimum absolute atomic E-state index is 0.195. The Morgan fingerprint density at radius 1 is 1.12 bits per heavy atom. The zero-order chi connectivity index (χ0) is 17.1. The summed E-state index contributed by atoms with van der Waals surface area (Å²) in [5.74, 6) is -0.195. The van der Waals surface area contributed by atoms with Crippen LogP contribution in [-0.2, 0) is 13.5 Å². The Balaban J connectivity index is 2.11. The number of hydrogen-bond acceptors (Lipinski definition) is 2. The Morgan fingerprint density at radius 2 is 1.79 bits per heavy atom. The molecule has 1 amide bonds. The summed E-state index contributed by atoms with van der Waals surface area (Å²) in [6, 6.07) is 17.8. The molecule has 0 aliphatic heterocycles. The van der Waals surface area contributed by atoms with E-state index in [0.717, 1.165) is 26.0 Å². The summed E-state index contributed by atoms with van der Waals surface area (Å²) in [6.07, 6.45) is 0.912. The van der Waals surface area contributed by atoms with Crippen molar-refractivity contribution in [1.29, 1.82) is 0 Å². The molecule has 1 aromatic heterocycles. The molecule has 0 spiro atoms. The molecule has 0 aliphatic carbocycles. The smallest absolute Gasteiger partial charge is 0.280 e. The lowest BCUT2D eigenvalue weighted by Gasteiger charge is -2.05. The van der Waals surface area contributed by atoms with Gasteiger partial charge in [0.2, 0.25) is 0 Å². The molecule has 0 fully saturated rings. The van der Waals surface area contributed by atoms with Crippen LogP contribution in [0, 0.1) is 3.57 Å². The van der Waals surface area contributed by atoms with E-state index < -0.39 is 0 Å². The van der Waals surface area contributed by atoms with Gasteiger partial charge in [0, 0.05) is 15.5 Å². The summed E-state index contributed by atoms with van der Waals surface area (Å²) in [5.41, 5.74) is 2.93. The van der Waals surface area contributed by atoms with Crippen LogP contribution in [0.25, 0.3) is 11.3 Å². The number of aryl methyl sites for hydroxylation is 1. The molecule has 0 radical (unpaired) electrons. The van der Waals surface area contributed by atoms with E-state index in [1.165, 1.54) is 4.88 Å². The number of hydrogen-bond donors (Lipinski definition) is 0. The fourth-order valence-corrected chi connectivity index (χ4v) is 4.27. The Bertz CT molecular complexity index is 942. The average Bonchev–Trinajstić information content (AvgIpc) is 2.91. The number of carbonyl (C=O) groups excluding carboxylic acids is 1. The van der Waals surface area contributed by atoms with Crippen LogP contribution in [0.15, 0.2) is 59.6 Å². The monoisotopic (exact) mass is 448 g/mol. The first-order valence-electron chi connectivity index (χ1n) is 7.69. The third-order valence-corrected chi connectivity index (χ3v) is 5.99. The summed E-state index contributed by atoms with van der Waals surface area (Å²) in [4.78, 5) is 18.9. The summed E-state index contributed by atoms with van der Waals surface area (Å²) in [7, 11) is 1.97. The predicted octanol–water partition coefficient (Wildman–Crippen LogP) is 4.66. The van der Waals surface area contributed by atoms with Gasteiger partial charge in [-0.3, -0.25) is 4.79 Å². The average molecular weight is 448 g/mol. The van der Waals surface area contributed by atoms with Gasteiger partial charge in [-0.15, -0.1) is 11.3 Å². The normalized spacial score (nSPS) is 11.7. The van der Waals surface area contributed by atoms with Gasteiger partial charge in [-0.1, -0.05) is 49.4 Å². The largest absolute Gasteiger partial charge is 0.319 e. The quantitative estimate of drug-likeness (QED) is 0.537. The van der Waals surface area contributed by atoms with Gasteiger partial charge >= 0.3 is 0 Å². The Hall–Kier alpha value is -1.73. The van der Waals surface area contributed by atoms with Crippen molar-refractivity contribution in [2.75, 3.05) is 0 Å². The maximum absolute atomic E-state index is 12.6. The van der Waals surface area contributed by atoms with Crippen molar-refractivity contribution in [3.8, 4) is 11.3 Å². The van der Waals surface area contributed by atoms with Crippen molar-refractivity contribution in [3.63, 3.8) is 0 Å². The number of aromatic nitrogens is 1. The van der Waals surface area contributed by atoms with Crippen molar-refractivity contribution in [1.82, 2.24) is 4.57 Å². The minimum atomic E-state index is -0.195. The SMILES string of the molecule is CCc1sc(=NC(=O)c2ccccc2I)n(C)c1-c1ccccc1. The van der Waals surface area contributed by atoms with E-state index in [1.54, 1.807) is 11.3 Å². The van der Waals surface area contributed by atoms with E-state index in [9.17, 15) is 4.79 Å². The number of halogens is 1. The Labute approximate surface area is 158 Å². The van der Waals surface area contributed by atoms with Crippen molar-refractivity contribution < 1.29 is 4.79 Å². The lowest BCUT2D eigenvalue weighted by Crippen LogP contribution is -2.14. The first kappa shape index (κ1) is 17.1. The zero-order valence-electron chi connectivity index (χ0n) is 13.5.